The molecule has 1 aromatic rings. The van der Waals surface area contributed by atoms with Crippen LogP contribution in [-0.4, -0.2) is 24.2 Å². The van der Waals surface area contributed by atoms with Crippen molar-refractivity contribution in [3.63, 3.8) is 0 Å². The first-order valence-corrected chi connectivity index (χ1v) is 8.70. The number of hydrogen-bond donors (Lipinski definition) is 1. The Labute approximate surface area is 139 Å². The molecule has 0 saturated carbocycles. The first-order chi connectivity index (χ1) is 11.0. The molecule has 0 aliphatic rings. The zero-order valence-electron chi connectivity index (χ0n) is 15.1. The minimum atomic E-state index is -0.749. The van der Waals surface area contributed by atoms with E-state index in [1.165, 1.54) is 6.07 Å². The lowest BCUT2D eigenvalue weighted by Crippen LogP contribution is -2.22. The second kappa shape index (κ2) is 10.6. The molecule has 0 radical (unpaired) electrons. The normalized spacial score (nSPS) is 14.0. The second-order valence-corrected chi connectivity index (χ2v) is 5.83. The maximum Gasteiger partial charge on any atom is 0.204 e. The van der Waals surface area contributed by atoms with Gasteiger partial charge in [-0.25, -0.2) is 4.39 Å². The third-order valence-electron chi connectivity index (χ3n) is 3.98. The van der Waals surface area contributed by atoms with E-state index in [2.05, 4.69) is 31.1 Å². The van der Waals surface area contributed by atoms with Gasteiger partial charge in [0.05, 0.1) is 11.9 Å². The molecule has 2 unspecified atom stereocenters. The largest absolute Gasteiger partial charge is 0.381 e. The van der Waals surface area contributed by atoms with Gasteiger partial charge >= 0.3 is 0 Å². The van der Waals surface area contributed by atoms with E-state index in [1.807, 2.05) is 13.8 Å². The molecule has 1 N–H and O–H groups in total. The van der Waals surface area contributed by atoms with E-state index in [-0.39, 0.29) is 5.69 Å². The lowest BCUT2D eigenvalue weighted by atomic mass is 9.97. The summed E-state index contributed by atoms with van der Waals surface area (Å²) in [4.78, 5) is 4.21. The Morgan fingerprint density at radius 2 is 1.78 bits per heavy atom. The molecule has 0 amide bonds. The van der Waals surface area contributed by atoms with Gasteiger partial charge in [-0.3, -0.25) is 4.98 Å². The molecule has 0 bridgehead atoms. The van der Waals surface area contributed by atoms with E-state index in [9.17, 15) is 4.39 Å². The Morgan fingerprint density at radius 1 is 1.13 bits per heavy atom. The predicted octanol–water partition coefficient (Wildman–Crippen LogP) is 4.92. The van der Waals surface area contributed by atoms with Gasteiger partial charge in [0.2, 0.25) is 6.29 Å². The zero-order chi connectivity index (χ0) is 17.2. The third kappa shape index (κ3) is 6.43. The molecule has 132 valence electrons. The fourth-order valence-electron chi connectivity index (χ4n) is 2.43. The van der Waals surface area contributed by atoms with Gasteiger partial charge in [0.1, 0.15) is 5.69 Å². The van der Waals surface area contributed by atoms with Crippen LogP contribution in [0.4, 0.5) is 10.1 Å². The summed E-state index contributed by atoms with van der Waals surface area (Å²) in [6.45, 7) is 11.1. The smallest absolute Gasteiger partial charge is 0.204 e. The molecule has 5 heteroatoms. The zero-order valence-corrected chi connectivity index (χ0v) is 15.1. The van der Waals surface area contributed by atoms with E-state index in [1.54, 1.807) is 6.20 Å². The summed E-state index contributed by atoms with van der Waals surface area (Å²) < 4.78 is 25.2. The standard InChI is InChI=1S/C18H31FN2O2/c1-6-13(5)10-14(7-2)21-15-11-16(19)17(20-12-15)18(22-8-3)23-9-4/h11-14,18,21H,6-10H2,1-5H3. The third-order valence-corrected chi connectivity index (χ3v) is 3.98. The summed E-state index contributed by atoms with van der Waals surface area (Å²) in [6.07, 6.45) is 4.11. The summed E-state index contributed by atoms with van der Waals surface area (Å²) in [6, 6.07) is 1.80. The topological polar surface area (TPSA) is 43.4 Å². The predicted molar refractivity (Wildman–Crippen MR) is 92.0 cm³/mol. The van der Waals surface area contributed by atoms with Gasteiger partial charge in [-0.15, -0.1) is 0 Å². The molecule has 0 aliphatic heterocycles. The number of nitrogens with one attached hydrogen (secondary N) is 1. The first-order valence-electron chi connectivity index (χ1n) is 8.70. The van der Waals surface area contributed by atoms with Crippen LogP contribution in [0.15, 0.2) is 12.3 Å². The fraction of sp³-hybridized carbons (Fsp3) is 0.722. The quantitative estimate of drug-likeness (QED) is 0.586. The van der Waals surface area contributed by atoms with Crippen molar-refractivity contribution in [1.82, 2.24) is 4.98 Å². The molecule has 1 heterocycles. The van der Waals surface area contributed by atoms with Gasteiger partial charge in [0.15, 0.2) is 5.82 Å². The molecule has 0 spiro atoms. The molecule has 23 heavy (non-hydrogen) atoms. The van der Waals surface area contributed by atoms with Crippen LogP contribution in [0.5, 0.6) is 0 Å². The van der Waals surface area contributed by atoms with Crippen LogP contribution >= 0.6 is 0 Å². The number of hydrogen-bond acceptors (Lipinski definition) is 4. The van der Waals surface area contributed by atoms with Crippen LogP contribution in [0.1, 0.15) is 65.9 Å². The SMILES string of the molecule is CCOC(OCC)c1ncc(NC(CC)CC(C)CC)cc1F. The summed E-state index contributed by atoms with van der Waals surface area (Å²) in [7, 11) is 0. The Balaban J connectivity index is 2.81. The van der Waals surface area contributed by atoms with Crippen molar-refractivity contribution in [3.05, 3.63) is 23.8 Å². The lowest BCUT2D eigenvalue weighted by Gasteiger charge is -2.22. The van der Waals surface area contributed by atoms with Crippen LogP contribution in [0.3, 0.4) is 0 Å². The molecule has 0 aromatic carbocycles. The highest BCUT2D eigenvalue weighted by atomic mass is 19.1. The minimum absolute atomic E-state index is 0.203. The van der Waals surface area contributed by atoms with Crippen LogP contribution in [0.25, 0.3) is 0 Å². The van der Waals surface area contributed by atoms with Gasteiger partial charge in [0.25, 0.3) is 0 Å². The minimum Gasteiger partial charge on any atom is -0.381 e. The van der Waals surface area contributed by atoms with Crippen molar-refractivity contribution >= 4 is 5.69 Å². The molecule has 2 atom stereocenters. The molecular weight excluding hydrogens is 295 g/mol. The fourth-order valence-corrected chi connectivity index (χ4v) is 2.43. The highest BCUT2D eigenvalue weighted by Gasteiger charge is 2.19. The van der Waals surface area contributed by atoms with E-state index in [0.29, 0.717) is 30.9 Å². The number of anilines is 1. The summed E-state index contributed by atoms with van der Waals surface area (Å²) in [5, 5.41) is 3.38. The van der Waals surface area contributed by atoms with Crippen molar-refractivity contribution in [1.29, 1.82) is 0 Å². The van der Waals surface area contributed by atoms with Crippen molar-refractivity contribution < 1.29 is 13.9 Å². The van der Waals surface area contributed by atoms with Gasteiger partial charge in [-0.1, -0.05) is 27.2 Å². The van der Waals surface area contributed by atoms with Crippen molar-refractivity contribution in [2.24, 2.45) is 5.92 Å². The highest BCUT2D eigenvalue weighted by Crippen LogP contribution is 2.23. The van der Waals surface area contributed by atoms with Crippen LogP contribution in [-0.2, 0) is 9.47 Å². The molecule has 0 saturated heterocycles. The summed E-state index contributed by atoms with van der Waals surface area (Å²) >= 11 is 0. The van der Waals surface area contributed by atoms with Crippen LogP contribution in [0, 0.1) is 11.7 Å². The lowest BCUT2D eigenvalue weighted by molar-refractivity contribution is -0.144. The van der Waals surface area contributed by atoms with Crippen molar-refractivity contribution in [2.45, 2.75) is 66.2 Å². The molecule has 4 nitrogen and oxygen atoms in total. The summed E-state index contributed by atoms with van der Waals surface area (Å²) in [5.74, 6) is 0.241. The number of nitrogens with zero attached hydrogens (tertiary/aromatic N) is 1. The van der Waals surface area contributed by atoms with Gasteiger partial charge in [-0.05, 0) is 32.6 Å². The molecule has 0 fully saturated rings. The van der Waals surface area contributed by atoms with E-state index < -0.39 is 12.1 Å². The van der Waals surface area contributed by atoms with E-state index >= 15 is 0 Å². The van der Waals surface area contributed by atoms with Crippen LogP contribution < -0.4 is 5.32 Å². The van der Waals surface area contributed by atoms with E-state index in [0.717, 1.165) is 19.3 Å². The maximum absolute atomic E-state index is 14.4. The Bertz CT molecular complexity index is 451. The number of halogens is 1. The maximum atomic E-state index is 14.4. The second-order valence-electron chi connectivity index (χ2n) is 5.83. The van der Waals surface area contributed by atoms with Gasteiger partial charge < -0.3 is 14.8 Å². The highest BCUT2D eigenvalue weighted by molar-refractivity contribution is 5.42. The molecule has 1 aromatic heterocycles. The average molecular weight is 326 g/mol. The molecule has 0 aliphatic carbocycles. The van der Waals surface area contributed by atoms with Gasteiger partial charge in [0, 0.05) is 25.3 Å². The summed E-state index contributed by atoms with van der Waals surface area (Å²) in [5.41, 5.74) is 0.905. The van der Waals surface area contributed by atoms with Crippen LogP contribution in [0.2, 0.25) is 0 Å². The van der Waals surface area contributed by atoms with Crippen molar-refractivity contribution in [3.8, 4) is 0 Å². The number of ether oxygens (including phenoxy) is 2. The monoisotopic (exact) mass is 326 g/mol. The van der Waals surface area contributed by atoms with E-state index in [4.69, 9.17) is 9.47 Å². The Kier molecular flexibility index (Phi) is 9.10. The average Bonchev–Trinajstić information content (AvgIpc) is 2.54. The Morgan fingerprint density at radius 3 is 2.26 bits per heavy atom. The number of rotatable bonds is 11. The molecular formula is C18H31FN2O2. The number of aromatic nitrogens is 1. The number of pyridine rings is 1. The Hall–Kier alpha value is -1.20. The van der Waals surface area contributed by atoms with Gasteiger partial charge in [-0.2, -0.15) is 0 Å². The first kappa shape index (κ1) is 19.8. The van der Waals surface area contributed by atoms with Crippen molar-refractivity contribution in [2.75, 3.05) is 18.5 Å². The molecule has 1 rings (SSSR count).